The first kappa shape index (κ1) is 17.6. The molecule has 0 spiro atoms. The monoisotopic (exact) mass is 399 g/mol. The van der Waals surface area contributed by atoms with Crippen molar-refractivity contribution in [3.63, 3.8) is 0 Å². The Kier molecular flexibility index (Phi) is 3.62. The van der Waals surface area contributed by atoms with Crippen LogP contribution in [0.25, 0.3) is 55.3 Å². The van der Waals surface area contributed by atoms with Crippen LogP contribution in [0.1, 0.15) is 5.56 Å². The van der Waals surface area contributed by atoms with Crippen LogP contribution in [0.15, 0.2) is 101 Å². The van der Waals surface area contributed by atoms with Crippen molar-refractivity contribution in [1.29, 1.82) is 0 Å². The highest BCUT2D eigenvalue weighted by Crippen LogP contribution is 2.31. The molecule has 146 valence electrons. The number of hydrogen-bond donors (Lipinski definition) is 0. The number of fused-ring (bicyclic) bond motifs is 4. The molecule has 31 heavy (non-hydrogen) atoms. The van der Waals surface area contributed by atoms with E-state index in [0.717, 1.165) is 27.7 Å². The Balaban J connectivity index is 1.89. The number of nitrogens with zero attached hydrogens (tertiary/aromatic N) is 1. The van der Waals surface area contributed by atoms with Crippen LogP contribution < -0.4 is 10.9 Å². The molecule has 6 rings (SSSR count). The molecule has 0 aliphatic carbocycles. The van der Waals surface area contributed by atoms with Crippen molar-refractivity contribution in [3.05, 3.63) is 118 Å². The van der Waals surface area contributed by atoms with E-state index in [4.69, 9.17) is 0 Å². The van der Waals surface area contributed by atoms with Gasteiger partial charge in [-0.1, -0.05) is 61.2 Å². The van der Waals surface area contributed by atoms with E-state index >= 15 is 0 Å². The van der Waals surface area contributed by atoms with E-state index in [1.54, 1.807) is 6.08 Å². The quantitative estimate of drug-likeness (QED) is 0.270. The molecule has 0 amide bonds. The second-order valence-electron chi connectivity index (χ2n) is 7.77. The summed E-state index contributed by atoms with van der Waals surface area (Å²) >= 11 is 0. The summed E-state index contributed by atoms with van der Waals surface area (Å²) in [6.07, 6.45) is 1.79. The fourth-order valence-corrected chi connectivity index (χ4v) is 4.58. The standard InChI is InChI=1S/C28H17NO2/c1-2-17-11-13-18(14-12-17)19-15-22-26-23(16-19)28(31)21-8-4-6-10-25(21)29(26)24-9-5-3-7-20(24)27(22)30/h2-16H,1H2. The number of hydrogen-bond acceptors (Lipinski definition) is 2. The Bertz CT molecular complexity index is 1670. The lowest BCUT2D eigenvalue weighted by atomic mass is 9.96. The molecule has 0 radical (unpaired) electrons. The summed E-state index contributed by atoms with van der Waals surface area (Å²) in [5, 5.41) is 2.40. The molecule has 3 heteroatoms. The van der Waals surface area contributed by atoms with E-state index in [1.807, 2.05) is 84.9 Å². The molecule has 0 bridgehead atoms. The average Bonchev–Trinajstić information content (AvgIpc) is 2.83. The fraction of sp³-hybridized carbons (Fsp3) is 0. The van der Waals surface area contributed by atoms with E-state index in [2.05, 4.69) is 11.0 Å². The van der Waals surface area contributed by atoms with Gasteiger partial charge in [-0.15, -0.1) is 0 Å². The maximum Gasteiger partial charge on any atom is 0.197 e. The van der Waals surface area contributed by atoms with Crippen LogP contribution in [-0.2, 0) is 0 Å². The van der Waals surface area contributed by atoms with Crippen LogP contribution in [0, 0.1) is 0 Å². The van der Waals surface area contributed by atoms with E-state index in [0.29, 0.717) is 27.1 Å². The summed E-state index contributed by atoms with van der Waals surface area (Å²) in [7, 11) is 0. The van der Waals surface area contributed by atoms with Gasteiger partial charge in [0.05, 0.1) is 16.6 Å². The van der Waals surface area contributed by atoms with Crippen LogP contribution in [0.5, 0.6) is 0 Å². The predicted molar refractivity (Wildman–Crippen MR) is 129 cm³/mol. The van der Waals surface area contributed by atoms with Gasteiger partial charge in [0.25, 0.3) is 0 Å². The molecule has 4 aromatic carbocycles. The molecule has 0 unspecified atom stereocenters. The van der Waals surface area contributed by atoms with Gasteiger partial charge in [0.1, 0.15) is 0 Å². The van der Waals surface area contributed by atoms with Gasteiger partial charge in [-0.3, -0.25) is 9.59 Å². The minimum Gasteiger partial charge on any atom is -0.308 e. The Hall–Kier alpha value is -4.24. The van der Waals surface area contributed by atoms with E-state index in [9.17, 15) is 9.59 Å². The number of pyridine rings is 2. The number of para-hydroxylation sites is 2. The minimum atomic E-state index is -0.0557. The summed E-state index contributed by atoms with van der Waals surface area (Å²) < 4.78 is 2.06. The zero-order valence-corrected chi connectivity index (χ0v) is 16.6. The Morgan fingerprint density at radius 3 is 1.65 bits per heavy atom. The maximum absolute atomic E-state index is 13.5. The molecule has 6 aromatic rings. The van der Waals surface area contributed by atoms with Crippen molar-refractivity contribution in [2.75, 3.05) is 0 Å². The third kappa shape index (κ3) is 2.41. The molecule has 0 saturated carbocycles. The van der Waals surface area contributed by atoms with E-state index in [1.165, 1.54) is 0 Å². The smallest absolute Gasteiger partial charge is 0.197 e. The van der Waals surface area contributed by atoms with Gasteiger partial charge in [0.2, 0.25) is 0 Å². The SMILES string of the molecule is C=Cc1ccc(-c2cc3c(=O)c4ccccc4n4c5ccccc5c(=O)c(c2)c34)cc1. The van der Waals surface area contributed by atoms with Gasteiger partial charge in [0.15, 0.2) is 10.9 Å². The lowest BCUT2D eigenvalue weighted by Crippen LogP contribution is -2.14. The van der Waals surface area contributed by atoms with Crippen LogP contribution in [-0.4, -0.2) is 4.40 Å². The predicted octanol–water partition coefficient (Wildman–Crippen LogP) is 5.87. The molecule has 0 aliphatic rings. The Labute approximate surface area is 177 Å². The van der Waals surface area contributed by atoms with Crippen molar-refractivity contribution in [1.82, 2.24) is 4.40 Å². The van der Waals surface area contributed by atoms with Crippen molar-refractivity contribution >= 4 is 44.2 Å². The second kappa shape index (κ2) is 6.38. The topological polar surface area (TPSA) is 38.5 Å². The van der Waals surface area contributed by atoms with Crippen LogP contribution in [0.4, 0.5) is 0 Å². The first-order valence-electron chi connectivity index (χ1n) is 10.2. The van der Waals surface area contributed by atoms with Gasteiger partial charge in [-0.2, -0.15) is 0 Å². The average molecular weight is 399 g/mol. The van der Waals surface area contributed by atoms with Crippen molar-refractivity contribution in [3.8, 4) is 11.1 Å². The lowest BCUT2D eigenvalue weighted by molar-refractivity contribution is 1.31. The lowest BCUT2D eigenvalue weighted by Gasteiger charge is -2.15. The number of aromatic nitrogens is 1. The van der Waals surface area contributed by atoms with Crippen LogP contribution in [0.2, 0.25) is 0 Å². The van der Waals surface area contributed by atoms with Crippen molar-refractivity contribution in [2.24, 2.45) is 0 Å². The summed E-state index contributed by atoms with van der Waals surface area (Å²) in [5.41, 5.74) is 5.01. The third-order valence-corrected chi connectivity index (χ3v) is 6.08. The van der Waals surface area contributed by atoms with E-state index in [-0.39, 0.29) is 10.9 Å². The number of rotatable bonds is 2. The normalized spacial score (nSPS) is 11.6. The Morgan fingerprint density at radius 2 is 1.13 bits per heavy atom. The zero-order chi connectivity index (χ0) is 21.1. The highest BCUT2D eigenvalue weighted by Gasteiger charge is 2.18. The summed E-state index contributed by atoms with van der Waals surface area (Å²) in [6, 6.07) is 26.9. The summed E-state index contributed by atoms with van der Waals surface area (Å²) in [5.74, 6) is 0. The zero-order valence-electron chi connectivity index (χ0n) is 16.6. The molecule has 0 N–H and O–H groups in total. The Morgan fingerprint density at radius 1 is 0.613 bits per heavy atom. The van der Waals surface area contributed by atoms with Crippen LogP contribution in [0.3, 0.4) is 0 Å². The molecule has 0 fully saturated rings. The van der Waals surface area contributed by atoms with Gasteiger partial charge >= 0.3 is 0 Å². The molecule has 3 nitrogen and oxygen atoms in total. The first-order valence-corrected chi connectivity index (χ1v) is 10.2. The molecule has 0 aliphatic heterocycles. The molecule has 0 saturated heterocycles. The van der Waals surface area contributed by atoms with Gasteiger partial charge in [0, 0.05) is 21.5 Å². The highest BCUT2D eigenvalue weighted by molar-refractivity contribution is 6.09. The third-order valence-electron chi connectivity index (χ3n) is 6.08. The largest absolute Gasteiger partial charge is 0.308 e. The molecule has 2 aromatic heterocycles. The number of benzene rings is 4. The molecular weight excluding hydrogens is 382 g/mol. The molecule has 2 heterocycles. The van der Waals surface area contributed by atoms with Gasteiger partial charge in [-0.25, -0.2) is 0 Å². The summed E-state index contributed by atoms with van der Waals surface area (Å²) in [6.45, 7) is 3.80. The van der Waals surface area contributed by atoms with Crippen molar-refractivity contribution in [2.45, 2.75) is 0 Å². The molecular formula is C28H17NO2. The first-order chi connectivity index (χ1) is 15.2. The van der Waals surface area contributed by atoms with Crippen molar-refractivity contribution < 1.29 is 0 Å². The maximum atomic E-state index is 13.5. The van der Waals surface area contributed by atoms with Gasteiger partial charge < -0.3 is 4.40 Å². The van der Waals surface area contributed by atoms with Crippen LogP contribution >= 0.6 is 0 Å². The van der Waals surface area contributed by atoms with Gasteiger partial charge in [-0.05, 0) is 53.1 Å². The minimum absolute atomic E-state index is 0.0557. The van der Waals surface area contributed by atoms with E-state index < -0.39 is 0 Å². The molecule has 0 atom stereocenters. The highest BCUT2D eigenvalue weighted by atomic mass is 16.1. The second-order valence-corrected chi connectivity index (χ2v) is 7.77. The fourth-order valence-electron chi connectivity index (χ4n) is 4.58. The summed E-state index contributed by atoms with van der Waals surface area (Å²) in [4.78, 5) is 27.0.